The molecule has 1 aliphatic rings. The van der Waals surface area contributed by atoms with Gasteiger partial charge in [0.05, 0.1) is 18.2 Å². The molecule has 4 aromatic rings. The number of nitrogens with one attached hydrogen (secondary N) is 2. The molecule has 2 N–H and O–H groups in total. The van der Waals surface area contributed by atoms with Crippen LogP contribution in [0.2, 0.25) is 0 Å². The number of pyridine rings is 1. The number of rotatable bonds is 6. The standard InChI is InChI=1S/C22H23N7O/c1-30-17-8-6-15(7-9-17)14-29-11-3-5-18-19-20(28-27-18)25-22(26-21(19)29)24-13-16-4-2-10-23-12-16/h2,4,6-10,12H,3,5,11,13-14H2,1H3,(H2,24,25,26,27,28). The van der Waals surface area contributed by atoms with Crippen molar-refractivity contribution in [2.24, 2.45) is 0 Å². The minimum Gasteiger partial charge on any atom is -0.497 e. The number of aryl methyl sites for hydroxylation is 1. The number of aromatic nitrogens is 5. The molecular weight excluding hydrogens is 378 g/mol. The van der Waals surface area contributed by atoms with Crippen LogP contribution in [0.1, 0.15) is 23.2 Å². The van der Waals surface area contributed by atoms with Crippen molar-refractivity contribution in [1.82, 2.24) is 25.1 Å². The highest BCUT2D eigenvalue weighted by atomic mass is 16.5. The third kappa shape index (κ3) is 3.63. The summed E-state index contributed by atoms with van der Waals surface area (Å²) in [4.78, 5) is 16.0. The van der Waals surface area contributed by atoms with E-state index >= 15 is 0 Å². The molecule has 0 fully saturated rings. The number of hydrogen-bond donors (Lipinski definition) is 2. The summed E-state index contributed by atoms with van der Waals surface area (Å²) in [5.41, 5.74) is 4.09. The fraction of sp³-hybridized carbons (Fsp3) is 0.273. The van der Waals surface area contributed by atoms with E-state index in [4.69, 9.17) is 9.72 Å². The summed E-state index contributed by atoms with van der Waals surface area (Å²) in [5, 5.41) is 11.9. The van der Waals surface area contributed by atoms with E-state index in [0.29, 0.717) is 12.5 Å². The lowest BCUT2D eigenvalue weighted by molar-refractivity contribution is 0.414. The molecule has 3 aromatic heterocycles. The van der Waals surface area contributed by atoms with Gasteiger partial charge in [-0.2, -0.15) is 15.1 Å². The van der Waals surface area contributed by atoms with Crippen molar-refractivity contribution >= 4 is 22.8 Å². The number of methoxy groups -OCH3 is 1. The molecule has 5 rings (SSSR count). The van der Waals surface area contributed by atoms with Gasteiger partial charge in [0.15, 0.2) is 5.65 Å². The van der Waals surface area contributed by atoms with Crippen LogP contribution in [0.3, 0.4) is 0 Å². The Morgan fingerprint density at radius 3 is 2.83 bits per heavy atom. The maximum absolute atomic E-state index is 5.28. The zero-order valence-corrected chi connectivity index (χ0v) is 16.8. The van der Waals surface area contributed by atoms with Crippen molar-refractivity contribution < 1.29 is 4.74 Å². The van der Waals surface area contributed by atoms with Crippen molar-refractivity contribution in [3.05, 3.63) is 65.6 Å². The molecule has 0 radical (unpaired) electrons. The Kier molecular flexibility index (Phi) is 4.88. The van der Waals surface area contributed by atoms with Crippen molar-refractivity contribution in [3.63, 3.8) is 0 Å². The highest BCUT2D eigenvalue weighted by molar-refractivity contribution is 5.91. The van der Waals surface area contributed by atoms with Gasteiger partial charge in [-0.3, -0.25) is 10.1 Å². The average Bonchev–Trinajstić information content (AvgIpc) is 3.12. The van der Waals surface area contributed by atoms with Crippen LogP contribution in [0.5, 0.6) is 5.75 Å². The number of benzene rings is 1. The quantitative estimate of drug-likeness (QED) is 0.512. The van der Waals surface area contributed by atoms with Crippen molar-refractivity contribution in [2.45, 2.75) is 25.9 Å². The predicted molar refractivity (Wildman–Crippen MR) is 116 cm³/mol. The Hall–Kier alpha value is -3.68. The molecule has 8 heteroatoms. The lowest BCUT2D eigenvalue weighted by Crippen LogP contribution is -2.25. The van der Waals surface area contributed by atoms with Gasteiger partial charge in [0.2, 0.25) is 5.95 Å². The highest BCUT2D eigenvalue weighted by Crippen LogP contribution is 2.32. The molecule has 0 saturated carbocycles. The molecule has 0 atom stereocenters. The Labute approximate surface area is 174 Å². The first-order valence-electron chi connectivity index (χ1n) is 10.1. The topological polar surface area (TPSA) is 91.8 Å². The van der Waals surface area contributed by atoms with Crippen LogP contribution < -0.4 is 15.0 Å². The first-order chi connectivity index (χ1) is 14.8. The summed E-state index contributed by atoms with van der Waals surface area (Å²) >= 11 is 0. The minimum absolute atomic E-state index is 0.582. The third-order valence-electron chi connectivity index (χ3n) is 5.32. The molecule has 0 saturated heterocycles. The fourth-order valence-electron chi connectivity index (χ4n) is 3.79. The van der Waals surface area contributed by atoms with E-state index in [0.717, 1.165) is 59.8 Å². The molecule has 30 heavy (non-hydrogen) atoms. The van der Waals surface area contributed by atoms with Gasteiger partial charge in [-0.25, -0.2) is 0 Å². The zero-order chi connectivity index (χ0) is 20.3. The van der Waals surface area contributed by atoms with E-state index in [1.807, 2.05) is 30.5 Å². The normalized spacial score (nSPS) is 13.3. The van der Waals surface area contributed by atoms with Crippen LogP contribution in [0, 0.1) is 0 Å². The molecular formula is C22H23N7O. The Balaban J connectivity index is 1.46. The molecule has 1 aliphatic heterocycles. The lowest BCUT2D eigenvalue weighted by Gasteiger charge is -2.23. The number of H-pyrrole nitrogens is 1. The van der Waals surface area contributed by atoms with Gasteiger partial charge >= 0.3 is 0 Å². The van der Waals surface area contributed by atoms with E-state index in [9.17, 15) is 0 Å². The summed E-state index contributed by atoms with van der Waals surface area (Å²) in [6.45, 7) is 2.29. The summed E-state index contributed by atoms with van der Waals surface area (Å²) < 4.78 is 5.28. The Morgan fingerprint density at radius 2 is 2.03 bits per heavy atom. The third-order valence-corrected chi connectivity index (χ3v) is 5.32. The van der Waals surface area contributed by atoms with Gasteiger partial charge in [0.25, 0.3) is 0 Å². The van der Waals surface area contributed by atoms with Crippen LogP contribution in [-0.4, -0.2) is 38.8 Å². The SMILES string of the molecule is COc1ccc(CN2CCCc3n[nH]c4nc(NCc5cccnc5)nc2c34)cc1. The van der Waals surface area contributed by atoms with Gasteiger partial charge in [-0.15, -0.1) is 0 Å². The molecule has 0 aliphatic carbocycles. The molecule has 0 unspecified atom stereocenters. The average molecular weight is 401 g/mol. The van der Waals surface area contributed by atoms with E-state index in [-0.39, 0.29) is 0 Å². The fourth-order valence-corrected chi connectivity index (χ4v) is 3.79. The minimum atomic E-state index is 0.582. The van der Waals surface area contributed by atoms with Crippen LogP contribution >= 0.6 is 0 Å². The van der Waals surface area contributed by atoms with Crippen LogP contribution in [-0.2, 0) is 19.5 Å². The van der Waals surface area contributed by atoms with Crippen LogP contribution in [0.25, 0.3) is 11.0 Å². The molecule has 4 heterocycles. The number of anilines is 2. The largest absolute Gasteiger partial charge is 0.497 e. The first kappa shape index (κ1) is 18.4. The molecule has 8 nitrogen and oxygen atoms in total. The van der Waals surface area contributed by atoms with Crippen molar-refractivity contribution in [3.8, 4) is 5.75 Å². The second-order valence-electron chi connectivity index (χ2n) is 7.35. The zero-order valence-electron chi connectivity index (χ0n) is 16.8. The van der Waals surface area contributed by atoms with Gasteiger partial charge in [0, 0.05) is 32.0 Å². The van der Waals surface area contributed by atoms with E-state index in [2.05, 4.69) is 42.5 Å². The maximum atomic E-state index is 5.28. The molecule has 152 valence electrons. The Morgan fingerprint density at radius 1 is 1.13 bits per heavy atom. The van der Waals surface area contributed by atoms with Crippen molar-refractivity contribution in [2.75, 3.05) is 23.9 Å². The first-order valence-corrected chi connectivity index (χ1v) is 10.1. The second-order valence-corrected chi connectivity index (χ2v) is 7.35. The summed E-state index contributed by atoms with van der Waals surface area (Å²) in [6, 6.07) is 12.1. The number of hydrogen-bond acceptors (Lipinski definition) is 7. The lowest BCUT2D eigenvalue weighted by atomic mass is 10.2. The van der Waals surface area contributed by atoms with E-state index < -0.39 is 0 Å². The number of aromatic amines is 1. The maximum Gasteiger partial charge on any atom is 0.226 e. The van der Waals surface area contributed by atoms with E-state index in [1.165, 1.54) is 5.56 Å². The molecule has 1 aromatic carbocycles. The summed E-state index contributed by atoms with van der Waals surface area (Å²) in [5.74, 6) is 2.36. The van der Waals surface area contributed by atoms with Crippen LogP contribution in [0.4, 0.5) is 11.8 Å². The molecule has 0 spiro atoms. The number of ether oxygens (including phenoxy) is 1. The predicted octanol–water partition coefficient (Wildman–Crippen LogP) is 3.32. The summed E-state index contributed by atoms with van der Waals surface area (Å²) in [6.07, 6.45) is 5.54. The summed E-state index contributed by atoms with van der Waals surface area (Å²) in [7, 11) is 1.68. The Bertz CT molecular complexity index is 1140. The highest BCUT2D eigenvalue weighted by Gasteiger charge is 2.23. The van der Waals surface area contributed by atoms with Crippen LogP contribution in [0.15, 0.2) is 48.8 Å². The van der Waals surface area contributed by atoms with Gasteiger partial charge in [-0.1, -0.05) is 18.2 Å². The van der Waals surface area contributed by atoms with Gasteiger partial charge < -0.3 is 15.0 Å². The molecule has 0 bridgehead atoms. The second kappa shape index (κ2) is 7.98. The number of nitrogens with zero attached hydrogens (tertiary/aromatic N) is 5. The molecule has 0 amide bonds. The monoisotopic (exact) mass is 401 g/mol. The smallest absolute Gasteiger partial charge is 0.226 e. The van der Waals surface area contributed by atoms with E-state index in [1.54, 1.807) is 13.3 Å². The van der Waals surface area contributed by atoms with Gasteiger partial charge in [-0.05, 0) is 42.2 Å². The van der Waals surface area contributed by atoms with Gasteiger partial charge in [0.1, 0.15) is 11.6 Å². The van der Waals surface area contributed by atoms with Crippen molar-refractivity contribution in [1.29, 1.82) is 0 Å².